The van der Waals surface area contributed by atoms with Crippen molar-refractivity contribution < 1.29 is 4.79 Å². The van der Waals surface area contributed by atoms with E-state index in [-0.39, 0.29) is 0 Å². The third kappa shape index (κ3) is 1.29. The van der Waals surface area contributed by atoms with Gasteiger partial charge in [0.25, 0.3) is 0 Å². The maximum absolute atomic E-state index is 10.8. The van der Waals surface area contributed by atoms with Crippen LogP contribution in [0.2, 0.25) is 0 Å². The minimum Gasteiger partial charge on any atom is -0.397 e. The lowest BCUT2D eigenvalue weighted by Gasteiger charge is -2.04. The smallest absolute Gasteiger partial charge is 0.168 e. The monoisotopic (exact) mass is 186 g/mol. The molecule has 3 nitrogen and oxygen atoms in total. The number of benzene rings is 1. The average Bonchev–Trinajstić information content (AvgIpc) is 2.61. The molecule has 2 rings (SSSR count). The summed E-state index contributed by atoms with van der Waals surface area (Å²) in [5.41, 5.74) is 7.57. The van der Waals surface area contributed by atoms with E-state index in [4.69, 9.17) is 5.73 Å². The highest BCUT2D eigenvalue weighted by Crippen LogP contribution is 2.16. The summed E-state index contributed by atoms with van der Waals surface area (Å²) in [4.78, 5) is 10.8. The van der Waals surface area contributed by atoms with Crippen LogP contribution in [0.15, 0.2) is 42.6 Å². The third-order valence-electron chi connectivity index (χ3n) is 2.10. The van der Waals surface area contributed by atoms with Crippen LogP contribution in [0.4, 0.5) is 5.69 Å². The van der Waals surface area contributed by atoms with Crippen LogP contribution in [0.25, 0.3) is 5.69 Å². The van der Waals surface area contributed by atoms with Crippen molar-refractivity contribution in [3.8, 4) is 5.69 Å². The molecule has 0 aliphatic heterocycles. The number of rotatable bonds is 2. The van der Waals surface area contributed by atoms with Crippen LogP contribution in [-0.4, -0.2) is 10.9 Å². The van der Waals surface area contributed by atoms with Crippen LogP contribution in [0.1, 0.15) is 10.5 Å². The second kappa shape index (κ2) is 3.38. The van der Waals surface area contributed by atoms with Crippen molar-refractivity contribution in [2.75, 3.05) is 5.73 Å². The van der Waals surface area contributed by atoms with Crippen LogP contribution < -0.4 is 5.73 Å². The standard InChI is InChI=1S/C11H10N2O/c12-10-6-7-13(11(10)8-14)9-4-2-1-3-5-9/h1-8H,12H2. The number of aromatic nitrogens is 1. The largest absolute Gasteiger partial charge is 0.397 e. The van der Waals surface area contributed by atoms with Crippen molar-refractivity contribution in [3.05, 3.63) is 48.3 Å². The first-order chi connectivity index (χ1) is 6.83. The zero-order valence-corrected chi connectivity index (χ0v) is 7.55. The molecule has 0 unspecified atom stereocenters. The molecular weight excluding hydrogens is 176 g/mol. The van der Waals surface area contributed by atoms with Crippen LogP contribution in [-0.2, 0) is 0 Å². The van der Waals surface area contributed by atoms with Gasteiger partial charge in [-0.3, -0.25) is 4.79 Å². The first kappa shape index (κ1) is 8.56. The third-order valence-corrected chi connectivity index (χ3v) is 2.10. The molecule has 2 N–H and O–H groups in total. The molecule has 1 heterocycles. The quantitative estimate of drug-likeness (QED) is 0.728. The number of nitrogen functional groups attached to an aromatic ring is 1. The Bertz CT molecular complexity index is 446. The molecule has 0 bridgehead atoms. The van der Waals surface area contributed by atoms with Crippen molar-refractivity contribution in [1.82, 2.24) is 4.57 Å². The molecule has 0 aliphatic rings. The fourth-order valence-corrected chi connectivity index (χ4v) is 1.40. The van der Waals surface area contributed by atoms with Crippen LogP contribution in [0, 0.1) is 0 Å². The van der Waals surface area contributed by atoms with E-state index in [0.29, 0.717) is 11.4 Å². The van der Waals surface area contributed by atoms with E-state index < -0.39 is 0 Å². The van der Waals surface area contributed by atoms with Gasteiger partial charge >= 0.3 is 0 Å². The number of nitrogens with zero attached hydrogens (tertiary/aromatic N) is 1. The second-order valence-corrected chi connectivity index (χ2v) is 2.98. The Morgan fingerprint density at radius 3 is 2.50 bits per heavy atom. The normalized spacial score (nSPS) is 10.0. The van der Waals surface area contributed by atoms with Crippen molar-refractivity contribution >= 4 is 12.0 Å². The summed E-state index contributed by atoms with van der Waals surface area (Å²) in [6.07, 6.45) is 2.55. The fraction of sp³-hybridized carbons (Fsp3) is 0. The molecule has 0 saturated carbocycles. The summed E-state index contributed by atoms with van der Waals surface area (Å²) in [7, 11) is 0. The van der Waals surface area contributed by atoms with Crippen LogP contribution in [0.3, 0.4) is 0 Å². The van der Waals surface area contributed by atoms with Gasteiger partial charge in [0.2, 0.25) is 0 Å². The lowest BCUT2D eigenvalue weighted by atomic mass is 10.3. The molecular formula is C11H10N2O. The van der Waals surface area contributed by atoms with Gasteiger partial charge < -0.3 is 10.3 Å². The lowest BCUT2D eigenvalue weighted by Crippen LogP contribution is -1.99. The molecule has 0 saturated heterocycles. The minimum absolute atomic E-state index is 0.496. The molecule has 1 aromatic carbocycles. The van der Waals surface area contributed by atoms with Crippen molar-refractivity contribution in [2.24, 2.45) is 0 Å². The summed E-state index contributed by atoms with van der Waals surface area (Å²) < 4.78 is 1.77. The summed E-state index contributed by atoms with van der Waals surface area (Å²) in [6.45, 7) is 0. The zero-order valence-electron chi connectivity index (χ0n) is 7.55. The van der Waals surface area contributed by atoms with Crippen LogP contribution >= 0.6 is 0 Å². The molecule has 70 valence electrons. The Morgan fingerprint density at radius 1 is 1.14 bits per heavy atom. The number of aldehydes is 1. The summed E-state index contributed by atoms with van der Waals surface area (Å²) in [5, 5.41) is 0. The Kier molecular flexibility index (Phi) is 2.07. The van der Waals surface area contributed by atoms with Crippen LogP contribution in [0.5, 0.6) is 0 Å². The molecule has 0 radical (unpaired) electrons. The lowest BCUT2D eigenvalue weighted by molar-refractivity contribution is 0.111. The highest BCUT2D eigenvalue weighted by molar-refractivity contribution is 5.82. The molecule has 0 fully saturated rings. The van der Waals surface area contributed by atoms with Gasteiger partial charge in [-0.25, -0.2) is 0 Å². The van der Waals surface area contributed by atoms with E-state index in [9.17, 15) is 4.79 Å². The number of nitrogens with two attached hydrogens (primary N) is 1. The van der Waals surface area contributed by atoms with E-state index in [1.54, 1.807) is 16.8 Å². The van der Waals surface area contributed by atoms with E-state index in [0.717, 1.165) is 12.0 Å². The molecule has 0 spiro atoms. The van der Waals surface area contributed by atoms with E-state index >= 15 is 0 Å². The molecule has 0 aliphatic carbocycles. The molecule has 0 amide bonds. The first-order valence-electron chi connectivity index (χ1n) is 4.30. The highest BCUT2D eigenvalue weighted by Gasteiger charge is 2.05. The average molecular weight is 186 g/mol. The van der Waals surface area contributed by atoms with Crippen molar-refractivity contribution in [3.63, 3.8) is 0 Å². The molecule has 3 heteroatoms. The van der Waals surface area contributed by atoms with Gasteiger partial charge in [0, 0.05) is 11.9 Å². The Morgan fingerprint density at radius 2 is 1.86 bits per heavy atom. The maximum atomic E-state index is 10.8. The summed E-state index contributed by atoms with van der Waals surface area (Å²) >= 11 is 0. The predicted molar refractivity (Wildman–Crippen MR) is 55.6 cm³/mol. The zero-order chi connectivity index (χ0) is 9.97. The van der Waals surface area contributed by atoms with E-state index in [1.165, 1.54) is 0 Å². The van der Waals surface area contributed by atoms with Gasteiger partial charge in [-0.15, -0.1) is 0 Å². The number of para-hydroxylation sites is 1. The highest BCUT2D eigenvalue weighted by atomic mass is 16.1. The molecule has 14 heavy (non-hydrogen) atoms. The van der Waals surface area contributed by atoms with Gasteiger partial charge in [-0.05, 0) is 18.2 Å². The van der Waals surface area contributed by atoms with E-state index in [1.807, 2.05) is 30.3 Å². The fourth-order valence-electron chi connectivity index (χ4n) is 1.40. The topological polar surface area (TPSA) is 48.0 Å². The first-order valence-corrected chi connectivity index (χ1v) is 4.30. The summed E-state index contributed by atoms with van der Waals surface area (Å²) in [5.74, 6) is 0. The molecule has 2 aromatic rings. The maximum Gasteiger partial charge on any atom is 0.168 e. The Hall–Kier alpha value is -2.03. The molecule has 0 atom stereocenters. The second-order valence-electron chi connectivity index (χ2n) is 2.98. The van der Waals surface area contributed by atoms with E-state index in [2.05, 4.69) is 0 Å². The number of hydrogen-bond donors (Lipinski definition) is 1. The predicted octanol–water partition coefficient (Wildman–Crippen LogP) is 1.87. The minimum atomic E-state index is 0.496. The Balaban J connectivity index is 2.57. The number of carbonyl (C=O) groups is 1. The summed E-state index contributed by atoms with van der Waals surface area (Å²) in [6, 6.07) is 11.3. The van der Waals surface area contributed by atoms with Crippen molar-refractivity contribution in [2.45, 2.75) is 0 Å². The van der Waals surface area contributed by atoms with Crippen molar-refractivity contribution in [1.29, 1.82) is 0 Å². The van der Waals surface area contributed by atoms with Gasteiger partial charge in [-0.2, -0.15) is 0 Å². The van der Waals surface area contributed by atoms with Gasteiger partial charge in [0.05, 0.1) is 5.69 Å². The Labute approximate surface area is 81.8 Å². The van der Waals surface area contributed by atoms with Gasteiger partial charge in [-0.1, -0.05) is 18.2 Å². The van der Waals surface area contributed by atoms with Gasteiger partial charge in [0.1, 0.15) is 5.69 Å². The number of carbonyl (C=O) groups excluding carboxylic acids is 1. The SMILES string of the molecule is Nc1ccn(-c2ccccc2)c1C=O. The number of hydrogen-bond acceptors (Lipinski definition) is 2. The van der Waals surface area contributed by atoms with Gasteiger partial charge in [0.15, 0.2) is 6.29 Å². The molecule has 1 aromatic heterocycles. The number of anilines is 1.